The van der Waals surface area contributed by atoms with Gasteiger partial charge in [0.05, 0.1) is 12.3 Å². The molecule has 4 nitrogen and oxygen atoms in total. The van der Waals surface area contributed by atoms with Gasteiger partial charge in [-0.15, -0.1) is 0 Å². The van der Waals surface area contributed by atoms with Crippen LogP contribution in [0.25, 0.3) is 0 Å². The third kappa shape index (κ3) is 5.26. The summed E-state index contributed by atoms with van der Waals surface area (Å²) in [5.41, 5.74) is 6.64. The number of ether oxygens (including phenoxy) is 1. The number of nitrogens with zero attached hydrogens (tertiary/aromatic N) is 2. The van der Waals surface area contributed by atoms with Crippen LogP contribution in [0.4, 0.5) is 0 Å². The van der Waals surface area contributed by atoms with Crippen molar-refractivity contribution in [1.82, 2.24) is 9.88 Å². The van der Waals surface area contributed by atoms with E-state index in [1.807, 2.05) is 24.4 Å². The fourth-order valence-electron chi connectivity index (χ4n) is 1.85. The third-order valence-electron chi connectivity index (χ3n) is 2.86. The highest BCUT2D eigenvalue weighted by Gasteiger charge is 2.14. The molecule has 1 aromatic rings. The zero-order valence-corrected chi connectivity index (χ0v) is 10.8. The van der Waals surface area contributed by atoms with Crippen molar-refractivity contribution in [3.63, 3.8) is 0 Å². The number of hydrogen-bond donors (Lipinski definition) is 1. The highest BCUT2D eigenvalue weighted by Crippen LogP contribution is 2.09. The molecule has 0 radical (unpaired) electrons. The van der Waals surface area contributed by atoms with Gasteiger partial charge in [-0.2, -0.15) is 0 Å². The molecule has 0 aromatic carbocycles. The molecule has 1 unspecified atom stereocenters. The van der Waals surface area contributed by atoms with Crippen LogP contribution in [0.15, 0.2) is 24.4 Å². The molecule has 0 saturated heterocycles. The molecule has 1 rings (SSSR count). The predicted molar refractivity (Wildman–Crippen MR) is 69.7 cm³/mol. The number of nitrogens with two attached hydrogens (primary N) is 1. The highest BCUT2D eigenvalue weighted by molar-refractivity contribution is 5.03. The van der Waals surface area contributed by atoms with Gasteiger partial charge < -0.3 is 10.5 Å². The molecule has 17 heavy (non-hydrogen) atoms. The minimum Gasteiger partial charge on any atom is -0.383 e. The summed E-state index contributed by atoms with van der Waals surface area (Å²) in [5.74, 6) is 0. The van der Waals surface area contributed by atoms with Crippen molar-refractivity contribution in [1.29, 1.82) is 0 Å². The van der Waals surface area contributed by atoms with Crippen molar-refractivity contribution in [3.8, 4) is 0 Å². The van der Waals surface area contributed by atoms with E-state index in [4.69, 9.17) is 10.5 Å². The summed E-state index contributed by atoms with van der Waals surface area (Å²) >= 11 is 0. The number of pyridine rings is 1. The molecule has 0 amide bonds. The maximum Gasteiger partial charge on any atom is 0.0618 e. The van der Waals surface area contributed by atoms with E-state index in [0.717, 1.165) is 38.2 Å². The number of rotatable bonds is 8. The van der Waals surface area contributed by atoms with Gasteiger partial charge in [-0.1, -0.05) is 6.07 Å². The molecule has 1 aromatic heterocycles. The first-order chi connectivity index (χ1) is 8.27. The quantitative estimate of drug-likeness (QED) is 0.739. The van der Waals surface area contributed by atoms with Crippen molar-refractivity contribution in [2.45, 2.75) is 25.4 Å². The van der Waals surface area contributed by atoms with Crippen molar-refractivity contribution >= 4 is 0 Å². The van der Waals surface area contributed by atoms with Crippen LogP contribution >= 0.6 is 0 Å². The lowest BCUT2D eigenvalue weighted by molar-refractivity contribution is 0.0955. The molecule has 0 bridgehead atoms. The molecule has 0 fully saturated rings. The summed E-state index contributed by atoms with van der Waals surface area (Å²) in [4.78, 5) is 6.61. The van der Waals surface area contributed by atoms with E-state index in [-0.39, 0.29) is 0 Å². The number of likely N-dealkylation sites (N-methyl/N-ethyl adjacent to an activating group) is 1. The monoisotopic (exact) mass is 237 g/mol. The lowest BCUT2D eigenvalue weighted by atomic mass is 10.1. The van der Waals surface area contributed by atoms with Crippen molar-refractivity contribution in [2.24, 2.45) is 5.73 Å². The Morgan fingerprint density at radius 3 is 2.88 bits per heavy atom. The first kappa shape index (κ1) is 14.1. The van der Waals surface area contributed by atoms with E-state index in [1.54, 1.807) is 7.11 Å². The molecule has 0 aliphatic heterocycles. The molecule has 0 aliphatic rings. The smallest absolute Gasteiger partial charge is 0.0618 e. The Balaban J connectivity index is 2.49. The van der Waals surface area contributed by atoms with Gasteiger partial charge in [-0.25, -0.2) is 0 Å². The van der Waals surface area contributed by atoms with E-state index in [0.29, 0.717) is 6.04 Å². The van der Waals surface area contributed by atoms with Crippen LogP contribution in [0, 0.1) is 0 Å². The van der Waals surface area contributed by atoms with Gasteiger partial charge in [-0.3, -0.25) is 9.88 Å². The van der Waals surface area contributed by atoms with Gasteiger partial charge >= 0.3 is 0 Å². The summed E-state index contributed by atoms with van der Waals surface area (Å²) in [6.07, 6.45) is 3.92. The molecule has 0 saturated carbocycles. The van der Waals surface area contributed by atoms with Crippen molar-refractivity contribution < 1.29 is 4.74 Å². The molecule has 1 atom stereocenters. The normalized spacial score (nSPS) is 12.9. The van der Waals surface area contributed by atoms with Crippen LogP contribution in [0.2, 0.25) is 0 Å². The Kier molecular flexibility index (Phi) is 6.77. The summed E-state index contributed by atoms with van der Waals surface area (Å²) in [5, 5.41) is 0. The van der Waals surface area contributed by atoms with E-state index in [1.165, 1.54) is 0 Å². The molecular weight excluding hydrogens is 214 g/mol. The Hall–Kier alpha value is -0.970. The third-order valence-corrected chi connectivity index (χ3v) is 2.86. The van der Waals surface area contributed by atoms with Crippen LogP contribution in [0.5, 0.6) is 0 Å². The minimum atomic E-state index is 0.408. The molecular formula is C13H23N3O. The predicted octanol–water partition coefficient (Wildman–Crippen LogP) is 1.27. The second-order valence-electron chi connectivity index (χ2n) is 4.28. The Labute approximate surface area is 104 Å². The van der Waals surface area contributed by atoms with Gasteiger partial charge in [0, 0.05) is 25.9 Å². The summed E-state index contributed by atoms with van der Waals surface area (Å²) < 4.78 is 5.26. The second kappa shape index (κ2) is 8.17. The second-order valence-corrected chi connectivity index (χ2v) is 4.28. The van der Waals surface area contributed by atoms with E-state index >= 15 is 0 Å². The fraction of sp³-hybridized carbons (Fsp3) is 0.615. The van der Waals surface area contributed by atoms with Crippen LogP contribution in [0.1, 0.15) is 18.5 Å². The number of methoxy groups -OCH3 is 1. The van der Waals surface area contributed by atoms with E-state index in [2.05, 4.69) is 16.9 Å². The SMILES string of the molecule is COCC(CCCN)N(C)Cc1ccccn1. The average Bonchev–Trinajstić information content (AvgIpc) is 2.35. The Morgan fingerprint density at radius 1 is 1.47 bits per heavy atom. The molecule has 96 valence electrons. The van der Waals surface area contributed by atoms with E-state index < -0.39 is 0 Å². The maximum atomic E-state index is 5.55. The van der Waals surface area contributed by atoms with Crippen LogP contribution < -0.4 is 5.73 Å². The minimum absolute atomic E-state index is 0.408. The number of aromatic nitrogens is 1. The van der Waals surface area contributed by atoms with Gasteiger partial charge in [0.15, 0.2) is 0 Å². The highest BCUT2D eigenvalue weighted by atomic mass is 16.5. The zero-order chi connectivity index (χ0) is 12.5. The summed E-state index contributed by atoms with van der Waals surface area (Å²) in [6.45, 7) is 2.32. The van der Waals surface area contributed by atoms with E-state index in [9.17, 15) is 0 Å². The summed E-state index contributed by atoms with van der Waals surface area (Å²) in [7, 11) is 3.85. The first-order valence-electron chi connectivity index (χ1n) is 6.07. The Morgan fingerprint density at radius 2 is 2.29 bits per heavy atom. The van der Waals surface area contributed by atoms with Gasteiger partial charge in [0.25, 0.3) is 0 Å². The molecule has 0 aliphatic carbocycles. The lowest BCUT2D eigenvalue weighted by Crippen LogP contribution is -2.35. The molecule has 2 N–H and O–H groups in total. The topological polar surface area (TPSA) is 51.4 Å². The van der Waals surface area contributed by atoms with Crippen LogP contribution in [-0.2, 0) is 11.3 Å². The fourth-order valence-corrected chi connectivity index (χ4v) is 1.85. The van der Waals surface area contributed by atoms with Gasteiger partial charge in [0.2, 0.25) is 0 Å². The van der Waals surface area contributed by atoms with Crippen molar-refractivity contribution in [2.75, 3.05) is 27.3 Å². The standard InChI is InChI=1S/C13H23N3O/c1-16(10-12-6-3-4-9-15-12)13(11-17-2)7-5-8-14/h3-4,6,9,13H,5,7-8,10-11,14H2,1-2H3. The largest absolute Gasteiger partial charge is 0.383 e. The van der Waals surface area contributed by atoms with Crippen LogP contribution in [-0.4, -0.2) is 43.2 Å². The number of hydrogen-bond acceptors (Lipinski definition) is 4. The van der Waals surface area contributed by atoms with Crippen LogP contribution in [0.3, 0.4) is 0 Å². The average molecular weight is 237 g/mol. The maximum absolute atomic E-state index is 5.55. The van der Waals surface area contributed by atoms with Gasteiger partial charge in [-0.05, 0) is 38.6 Å². The van der Waals surface area contributed by atoms with Gasteiger partial charge in [0.1, 0.15) is 0 Å². The molecule has 0 spiro atoms. The lowest BCUT2D eigenvalue weighted by Gasteiger charge is -2.27. The first-order valence-corrected chi connectivity index (χ1v) is 6.07. The summed E-state index contributed by atoms with van der Waals surface area (Å²) in [6, 6.07) is 6.40. The zero-order valence-electron chi connectivity index (χ0n) is 10.8. The Bertz CT molecular complexity index is 292. The molecule has 1 heterocycles. The van der Waals surface area contributed by atoms with Crippen molar-refractivity contribution in [3.05, 3.63) is 30.1 Å². The molecule has 4 heteroatoms.